The van der Waals surface area contributed by atoms with Gasteiger partial charge in [-0.3, -0.25) is 4.79 Å². The van der Waals surface area contributed by atoms with Crippen LogP contribution >= 0.6 is 0 Å². The number of nitrogens with zero attached hydrogens (tertiary/aromatic N) is 1. The lowest BCUT2D eigenvalue weighted by molar-refractivity contribution is 0.0949. The number of aromatic nitrogens is 1. The topological polar surface area (TPSA) is 60.5 Å². The summed E-state index contributed by atoms with van der Waals surface area (Å²) >= 11 is 0. The summed E-state index contributed by atoms with van der Waals surface area (Å²) in [7, 11) is 1.65. The Hall–Kier alpha value is -2.56. The summed E-state index contributed by atoms with van der Waals surface area (Å²) < 4.78 is 10.7. The van der Waals surface area contributed by atoms with E-state index in [-0.39, 0.29) is 5.91 Å². The van der Waals surface area contributed by atoms with Gasteiger partial charge in [-0.25, -0.2) is 4.98 Å². The standard InChI is InChI=1S/C18H22N2O3/c1-4-23-18-15(6-5-10-20-18)17(21)19-11-9-14-12-13(2)7-8-16(14)22-3/h5-8,10,12H,4,9,11H2,1-3H3,(H,19,21). The van der Waals surface area contributed by atoms with Gasteiger partial charge in [0.1, 0.15) is 11.3 Å². The Balaban J connectivity index is 1.99. The van der Waals surface area contributed by atoms with Gasteiger partial charge in [-0.1, -0.05) is 17.7 Å². The van der Waals surface area contributed by atoms with Crippen LogP contribution in [0.5, 0.6) is 11.6 Å². The fourth-order valence-electron chi connectivity index (χ4n) is 2.32. The number of amides is 1. The fraction of sp³-hybridized carbons (Fsp3) is 0.333. The van der Waals surface area contributed by atoms with Crippen molar-refractivity contribution in [1.82, 2.24) is 10.3 Å². The predicted molar refractivity (Wildman–Crippen MR) is 89.2 cm³/mol. The molecule has 0 saturated heterocycles. The number of hydrogen-bond donors (Lipinski definition) is 1. The van der Waals surface area contributed by atoms with E-state index in [4.69, 9.17) is 9.47 Å². The molecule has 1 N–H and O–H groups in total. The Morgan fingerprint density at radius 2 is 2.13 bits per heavy atom. The number of benzene rings is 1. The highest BCUT2D eigenvalue weighted by atomic mass is 16.5. The summed E-state index contributed by atoms with van der Waals surface area (Å²) in [5, 5.41) is 2.90. The molecule has 0 fully saturated rings. The van der Waals surface area contributed by atoms with Crippen molar-refractivity contribution in [3.8, 4) is 11.6 Å². The molecule has 5 nitrogen and oxygen atoms in total. The Morgan fingerprint density at radius 3 is 2.87 bits per heavy atom. The van der Waals surface area contributed by atoms with E-state index in [0.717, 1.165) is 16.9 Å². The highest BCUT2D eigenvalue weighted by Crippen LogP contribution is 2.20. The molecule has 0 bridgehead atoms. The molecule has 2 aromatic rings. The molecule has 0 atom stereocenters. The van der Waals surface area contributed by atoms with Gasteiger partial charge in [-0.2, -0.15) is 0 Å². The summed E-state index contributed by atoms with van der Waals surface area (Å²) in [6.45, 7) is 4.88. The molecule has 0 saturated carbocycles. The average Bonchev–Trinajstić information content (AvgIpc) is 2.56. The summed E-state index contributed by atoms with van der Waals surface area (Å²) in [6, 6.07) is 9.45. The minimum Gasteiger partial charge on any atom is -0.496 e. The number of carbonyl (C=O) groups excluding carboxylic acids is 1. The number of ether oxygens (including phenoxy) is 2. The molecule has 0 aliphatic carbocycles. The van der Waals surface area contributed by atoms with Crippen molar-refractivity contribution >= 4 is 5.91 Å². The first-order valence-electron chi connectivity index (χ1n) is 7.65. The van der Waals surface area contributed by atoms with Gasteiger partial charge in [0.05, 0.1) is 13.7 Å². The molecule has 5 heteroatoms. The smallest absolute Gasteiger partial charge is 0.256 e. The number of hydrogen-bond acceptors (Lipinski definition) is 4. The summed E-state index contributed by atoms with van der Waals surface area (Å²) in [5.41, 5.74) is 2.69. The van der Waals surface area contributed by atoms with E-state index in [9.17, 15) is 4.79 Å². The van der Waals surface area contributed by atoms with Crippen LogP contribution in [0.15, 0.2) is 36.5 Å². The van der Waals surface area contributed by atoms with Crippen LogP contribution in [-0.2, 0) is 6.42 Å². The fourth-order valence-corrected chi connectivity index (χ4v) is 2.32. The molecule has 2 rings (SSSR count). The Bertz CT molecular complexity index is 671. The van der Waals surface area contributed by atoms with Crippen molar-refractivity contribution in [1.29, 1.82) is 0 Å². The highest BCUT2D eigenvalue weighted by Gasteiger charge is 2.13. The van der Waals surface area contributed by atoms with Gasteiger partial charge >= 0.3 is 0 Å². The molecule has 0 radical (unpaired) electrons. The molecular formula is C18H22N2O3. The third-order valence-electron chi connectivity index (χ3n) is 3.41. The van der Waals surface area contributed by atoms with E-state index in [0.29, 0.717) is 31.0 Å². The second kappa shape index (κ2) is 8.17. The van der Waals surface area contributed by atoms with E-state index in [1.54, 1.807) is 25.4 Å². The van der Waals surface area contributed by atoms with E-state index in [1.165, 1.54) is 0 Å². The zero-order valence-electron chi connectivity index (χ0n) is 13.8. The molecule has 122 valence electrons. The SMILES string of the molecule is CCOc1ncccc1C(=O)NCCc1cc(C)ccc1OC. The molecule has 1 aromatic heterocycles. The molecular weight excluding hydrogens is 292 g/mol. The highest BCUT2D eigenvalue weighted by molar-refractivity contribution is 5.96. The van der Waals surface area contributed by atoms with Crippen LogP contribution in [0.2, 0.25) is 0 Å². The Morgan fingerprint density at radius 1 is 1.30 bits per heavy atom. The average molecular weight is 314 g/mol. The molecule has 23 heavy (non-hydrogen) atoms. The lowest BCUT2D eigenvalue weighted by Gasteiger charge is -2.11. The summed E-state index contributed by atoms with van der Waals surface area (Å²) in [6.07, 6.45) is 2.31. The monoisotopic (exact) mass is 314 g/mol. The number of aryl methyl sites for hydroxylation is 1. The lowest BCUT2D eigenvalue weighted by atomic mass is 10.1. The minimum absolute atomic E-state index is 0.187. The van der Waals surface area contributed by atoms with Crippen molar-refractivity contribution in [2.75, 3.05) is 20.3 Å². The predicted octanol–water partition coefficient (Wildman–Crippen LogP) is 2.77. The summed E-state index contributed by atoms with van der Waals surface area (Å²) in [5.74, 6) is 1.01. The minimum atomic E-state index is -0.187. The van der Waals surface area contributed by atoms with Crippen molar-refractivity contribution in [2.45, 2.75) is 20.3 Å². The van der Waals surface area contributed by atoms with E-state index >= 15 is 0 Å². The Kier molecular flexibility index (Phi) is 5.97. The first-order chi connectivity index (χ1) is 11.2. The third-order valence-corrected chi connectivity index (χ3v) is 3.41. The van der Waals surface area contributed by atoms with Gasteiger partial charge in [0, 0.05) is 12.7 Å². The van der Waals surface area contributed by atoms with Gasteiger partial charge in [0.15, 0.2) is 0 Å². The molecule has 1 amide bonds. The maximum atomic E-state index is 12.3. The van der Waals surface area contributed by atoms with Crippen LogP contribution in [0.4, 0.5) is 0 Å². The third kappa shape index (κ3) is 4.45. The summed E-state index contributed by atoms with van der Waals surface area (Å²) in [4.78, 5) is 16.4. The van der Waals surface area contributed by atoms with Gasteiger partial charge in [-0.05, 0) is 44.0 Å². The van der Waals surface area contributed by atoms with E-state index in [2.05, 4.69) is 16.4 Å². The molecule has 0 aliphatic rings. The van der Waals surface area contributed by atoms with Crippen LogP contribution in [0.1, 0.15) is 28.4 Å². The first kappa shape index (κ1) is 16.8. The molecule has 0 unspecified atom stereocenters. The Labute approximate surface area is 136 Å². The number of nitrogens with one attached hydrogen (secondary N) is 1. The zero-order valence-corrected chi connectivity index (χ0v) is 13.8. The van der Waals surface area contributed by atoms with Crippen LogP contribution < -0.4 is 14.8 Å². The van der Waals surface area contributed by atoms with Crippen LogP contribution in [-0.4, -0.2) is 31.2 Å². The van der Waals surface area contributed by atoms with Crippen molar-refractivity contribution in [3.05, 3.63) is 53.2 Å². The van der Waals surface area contributed by atoms with Crippen LogP contribution in [0.25, 0.3) is 0 Å². The largest absolute Gasteiger partial charge is 0.496 e. The maximum absolute atomic E-state index is 12.3. The van der Waals surface area contributed by atoms with E-state index in [1.807, 2.05) is 26.0 Å². The van der Waals surface area contributed by atoms with Gasteiger partial charge in [-0.15, -0.1) is 0 Å². The van der Waals surface area contributed by atoms with Crippen LogP contribution in [0.3, 0.4) is 0 Å². The van der Waals surface area contributed by atoms with Gasteiger partial charge in [0.25, 0.3) is 5.91 Å². The van der Waals surface area contributed by atoms with E-state index < -0.39 is 0 Å². The first-order valence-corrected chi connectivity index (χ1v) is 7.65. The van der Waals surface area contributed by atoms with Crippen molar-refractivity contribution in [2.24, 2.45) is 0 Å². The molecule has 1 aromatic carbocycles. The molecule has 0 spiro atoms. The van der Waals surface area contributed by atoms with Crippen LogP contribution in [0, 0.1) is 6.92 Å². The van der Waals surface area contributed by atoms with Crippen molar-refractivity contribution < 1.29 is 14.3 Å². The molecule has 0 aliphatic heterocycles. The second-order valence-corrected chi connectivity index (χ2v) is 5.11. The number of pyridine rings is 1. The number of methoxy groups -OCH3 is 1. The maximum Gasteiger partial charge on any atom is 0.256 e. The normalized spacial score (nSPS) is 10.2. The van der Waals surface area contributed by atoms with Gasteiger partial charge < -0.3 is 14.8 Å². The number of carbonyl (C=O) groups is 1. The number of rotatable bonds is 7. The van der Waals surface area contributed by atoms with Gasteiger partial charge in [0.2, 0.25) is 5.88 Å². The zero-order chi connectivity index (χ0) is 16.7. The molecule has 1 heterocycles. The lowest BCUT2D eigenvalue weighted by Crippen LogP contribution is -2.26. The second-order valence-electron chi connectivity index (χ2n) is 5.11. The van der Waals surface area contributed by atoms with Crippen molar-refractivity contribution in [3.63, 3.8) is 0 Å². The quantitative estimate of drug-likeness (QED) is 0.853.